The van der Waals surface area contributed by atoms with E-state index in [2.05, 4.69) is 15.6 Å². The van der Waals surface area contributed by atoms with Crippen molar-refractivity contribution >= 4 is 40.0 Å². The van der Waals surface area contributed by atoms with Crippen LogP contribution >= 0.6 is 24.0 Å². The first-order chi connectivity index (χ1) is 14.3. The molecule has 8 nitrogen and oxygen atoms in total. The highest BCUT2D eigenvalue weighted by atomic mass is 127. The zero-order valence-corrected chi connectivity index (χ0v) is 21.2. The van der Waals surface area contributed by atoms with E-state index in [-0.39, 0.29) is 28.9 Å². The van der Waals surface area contributed by atoms with Crippen LogP contribution < -0.4 is 20.5 Å². The van der Waals surface area contributed by atoms with E-state index >= 15 is 0 Å². The summed E-state index contributed by atoms with van der Waals surface area (Å²) in [5.41, 5.74) is 2.89. The van der Waals surface area contributed by atoms with Crippen LogP contribution in [-0.4, -0.2) is 41.2 Å². The van der Waals surface area contributed by atoms with Crippen molar-refractivity contribution in [3.63, 3.8) is 0 Å². The number of aliphatic imine (C=N–C) groups is 1. The molecule has 0 unspecified atom stereocenters. The molecular weight excluding hydrogens is 531 g/mol. The molecule has 0 saturated carbocycles. The quantitative estimate of drug-likeness (QED) is 0.178. The SMILES string of the molecule is CCOCCOc1cc(C)ccc1CNC(=NC)NCc1cccc(S(N)(=O)=O)c1.I. The van der Waals surface area contributed by atoms with Crippen molar-refractivity contribution < 1.29 is 17.9 Å². The summed E-state index contributed by atoms with van der Waals surface area (Å²) < 4.78 is 34.2. The van der Waals surface area contributed by atoms with Gasteiger partial charge in [-0.2, -0.15) is 0 Å². The Morgan fingerprint density at radius 2 is 1.84 bits per heavy atom. The Balaban J connectivity index is 0.00000480. The first kappa shape index (κ1) is 27.1. The van der Waals surface area contributed by atoms with Crippen molar-refractivity contribution in [2.75, 3.05) is 26.9 Å². The monoisotopic (exact) mass is 562 g/mol. The molecule has 0 radical (unpaired) electrons. The molecule has 0 saturated heterocycles. The van der Waals surface area contributed by atoms with Gasteiger partial charge in [0, 0.05) is 32.3 Å². The van der Waals surface area contributed by atoms with Crippen molar-refractivity contribution in [1.29, 1.82) is 0 Å². The lowest BCUT2D eigenvalue weighted by atomic mass is 10.1. The molecule has 0 fully saturated rings. The van der Waals surface area contributed by atoms with Gasteiger partial charge in [-0.15, -0.1) is 24.0 Å². The fourth-order valence-electron chi connectivity index (χ4n) is 2.71. The van der Waals surface area contributed by atoms with Crippen LogP contribution in [0.1, 0.15) is 23.6 Å². The van der Waals surface area contributed by atoms with E-state index in [9.17, 15) is 8.42 Å². The standard InChI is InChI=1S/C21H30N4O4S.HI/c1-4-28-10-11-29-20-12-16(2)8-9-18(20)15-25-21(23-3)24-14-17-6-5-7-19(13-17)30(22,26)27;/h5-9,12-13H,4,10-11,14-15H2,1-3H3,(H2,22,26,27)(H2,23,24,25);1H. The highest BCUT2D eigenvalue weighted by molar-refractivity contribution is 14.0. The van der Waals surface area contributed by atoms with E-state index in [1.165, 1.54) is 6.07 Å². The molecule has 0 aliphatic rings. The van der Waals surface area contributed by atoms with E-state index in [0.29, 0.717) is 38.9 Å². The van der Waals surface area contributed by atoms with Crippen molar-refractivity contribution in [1.82, 2.24) is 10.6 Å². The average molecular weight is 562 g/mol. The Bertz CT molecular complexity index is 968. The normalized spacial score (nSPS) is 11.5. The molecule has 172 valence electrons. The van der Waals surface area contributed by atoms with Crippen LogP contribution in [0.5, 0.6) is 5.75 Å². The molecule has 10 heteroatoms. The number of nitrogens with two attached hydrogens (primary N) is 1. The van der Waals surface area contributed by atoms with Crippen LogP contribution in [0, 0.1) is 6.92 Å². The average Bonchev–Trinajstić information content (AvgIpc) is 2.72. The van der Waals surface area contributed by atoms with Gasteiger partial charge in [0.05, 0.1) is 11.5 Å². The smallest absolute Gasteiger partial charge is 0.238 e. The lowest BCUT2D eigenvalue weighted by Crippen LogP contribution is -2.36. The molecule has 0 bridgehead atoms. The maximum atomic E-state index is 11.5. The maximum Gasteiger partial charge on any atom is 0.238 e. The Hall–Kier alpha value is -1.89. The van der Waals surface area contributed by atoms with Crippen LogP contribution in [-0.2, 0) is 27.8 Å². The molecule has 0 amide bonds. The van der Waals surface area contributed by atoms with Gasteiger partial charge in [-0.25, -0.2) is 13.6 Å². The van der Waals surface area contributed by atoms with Crippen LogP contribution in [0.2, 0.25) is 0 Å². The molecule has 0 heterocycles. The van der Waals surface area contributed by atoms with Gasteiger partial charge in [-0.05, 0) is 43.2 Å². The second kappa shape index (κ2) is 13.5. The number of nitrogens with one attached hydrogen (secondary N) is 2. The highest BCUT2D eigenvalue weighted by Crippen LogP contribution is 2.20. The summed E-state index contributed by atoms with van der Waals surface area (Å²) in [6, 6.07) is 12.5. The van der Waals surface area contributed by atoms with E-state index in [1.807, 2.05) is 38.1 Å². The number of ether oxygens (including phenoxy) is 2. The van der Waals surface area contributed by atoms with Gasteiger partial charge in [-0.1, -0.05) is 24.3 Å². The van der Waals surface area contributed by atoms with Crippen LogP contribution in [0.15, 0.2) is 52.4 Å². The van der Waals surface area contributed by atoms with Crippen LogP contribution in [0.4, 0.5) is 0 Å². The third-order valence-corrected chi connectivity index (χ3v) is 5.18. The number of hydrogen-bond acceptors (Lipinski definition) is 5. The summed E-state index contributed by atoms with van der Waals surface area (Å²) in [6.07, 6.45) is 0. The van der Waals surface area contributed by atoms with Crippen molar-refractivity contribution in [2.24, 2.45) is 10.1 Å². The molecule has 4 N–H and O–H groups in total. The number of halogens is 1. The van der Waals surface area contributed by atoms with Crippen LogP contribution in [0.3, 0.4) is 0 Å². The predicted molar refractivity (Wildman–Crippen MR) is 133 cm³/mol. The molecule has 2 rings (SSSR count). The Labute approximate surface area is 201 Å². The molecule has 0 spiro atoms. The van der Waals surface area contributed by atoms with Gasteiger partial charge in [0.2, 0.25) is 10.0 Å². The van der Waals surface area contributed by atoms with Crippen molar-refractivity contribution in [2.45, 2.75) is 31.8 Å². The largest absolute Gasteiger partial charge is 0.491 e. The van der Waals surface area contributed by atoms with Crippen LogP contribution in [0.25, 0.3) is 0 Å². The third-order valence-electron chi connectivity index (χ3n) is 4.27. The number of aryl methyl sites for hydroxylation is 1. The molecule has 2 aromatic carbocycles. The van der Waals surface area contributed by atoms with Crippen molar-refractivity contribution in [3.8, 4) is 5.75 Å². The lowest BCUT2D eigenvalue weighted by Gasteiger charge is -2.16. The Morgan fingerprint density at radius 1 is 1.10 bits per heavy atom. The van der Waals surface area contributed by atoms with E-state index in [4.69, 9.17) is 14.6 Å². The van der Waals surface area contributed by atoms with Gasteiger partial charge < -0.3 is 20.1 Å². The molecule has 0 atom stereocenters. The topological polar surface area (TPSA) is 115 Å². The summed E-state index contributed by atoms with van der Waals surface area (Å²) in [6.45, 7) is 6.56. The van der Waals surface area contributed by atoms with Gasteiger partial charge >= 0.3 is 0 Å². The second-order valence-corrected chi connectivity index (χ2v) is 8.19. The lowest BCUT2D eigenvalue weighted by molar-refractivity contribution is 0.110. The van der Waals surface area contributed by atoms with E-state index in [1.54, 1.807) is 19.2 Å². The number of nitrogens with zero attached hydrogens (tertiary/aromatic N) is 1. The summed E-state index contributed by atoms with van der Waals surface area (Å²) in [7, 11) is -2.06. The number of rotatable bonds is 10. The van der Waals surface area contributed by atoms with Gasteiger partial charge in [0.25, 0.3) is 0 Å². The zero-order chi connectivity index (χ0) is 22.0. The van der Waals surface area contributed by atoms with Crippen molar-refractivity contribution in [3.05, 3.63) is 59.2 Å². The van der Waals surface area contributed by atoms with Gasteiger partial charge in [0.15, 0.2) is 5.96 Å². The first-order valence-electron chi connectivity index (χ1n) is 9.69. The first-order valence-corrected chi connectivity index (χ1v) is 11.2. The number of primary sulfonamides is 1. The number of benzene rings is 2. The third kappa shape index (κ3) is 9.42. The number of guanidine groups is 1. The zero-order valence-electron chi connectivity index (χ0n) is 18.1. The predicted octanol–water partition coefficient (Wildman–Crippen LogP) is 2.54. The Morgan fingerprint density at radius 3 is 2.52 bits per heavy atom. The van der Waals surface area contributed by atoms with E-state index < -0.39 is 10.0 Å². The number of hydrogen-bond donors (Lipinski definition) is 3. The Kier molecular flexibility index (Phi) is 11.8. The summed E-state index contributed by atoms with van der Waals surface area (Å²) in [5, 5.41) is 11.6. The molecular formula is C21H31IN4O4S. The summed E-state index contributed by atoms with van der Waals surface area (Å²) in [4.78, 5) is 4.30. The highest BCUT2D eigenvalue weighted by Gasteiger charge is 2.09. The number of sulfonamides is 1. The minimum Gasteiger partial charge on any atom is -0.491 e. The minimum atomic E-state index is -3.73. The van der Waals surface area contributed by atoms with E-state index in [0.717, 1.165) is 22.4 Å². The van der Waals surface area contributed by atoms with Gasteiger partial charge in [-0.3, -0.25) is 4.99 Å². The summed E-state index contributed by atoms with van der Waals surface area (Å²) >= 11 is 0. The minimum absolute atomic E-state index is 0. The molecule has 31 heavy (non-hydrogen) atoms. The summed E-state index contributed by atoms with van der Waals surface area (Å²) in [5.74, 6) is 1.38. The molecule has 0 aliphatic heterocycles. The fraction of sp³-hybridized carbons (Fsp3) is 0.381. The fourth-order valence-corrected chi connectivity index (χ4v) is 3.30. The molecule has 0 aliphatic carbocycles. The molecule has 0 aromatic heterocycles. The molecule has 2 aromatic rings. The maximum absolute atomic E-state index is 11.5. The van der Waals surface area contributed by atoms with Gasteiger partial charge in [0.1, 0.15) is 12.4 Å². The second-order valence-electron chi connectivity index (χ2n) is 6.63.